The van der Waals surface area contributed by atoms with Crippen molar-refractivity contribution >= 4 is 32.5 Å². The first-order valence-electron chi connectivity index (χ1n) is 6.38. The van der Waals surface area contributed by atoms with Crippen LogP contribution in [0.4, 0.5) is 26.3 Å². The Bertz CT molecular complexity index is 698. The summed E-state index contributed by atoms with van der Waals surface area (Å²) in [5.74, 6) is 0. The van der Waals surface area contributed by atoms with Crippen molar-refractivity contribution in [2.24, 2.45) is 4.99 Å². The number of alkyl halides is 6. The van der Waals surface area contributed by atoms with Crippen molar-refractivity contribution in [3.8, 4) is 0 Å². The van der Waals surface area contributed by atoms with Crippen LogP contribution in [-0.4, -0.2) is 57.6 Å². The molecule has 148 valence electrons. The summed E-state index contributed by atoms with van der Waals surface area (Å²) in [6, 6.07) is 0. The van der Waals surface area contributed by atoms with E-state index in [1.54, 1.807) is 0 Å². The van der Waals surface area contributed by atoms with E-state index in [9.17, 15) is 43.2 Å². The Hall–Kier alpha value is -1.22. The van der Waals surface area contributed by atoms with Gasteiger partial charge in [-0.3, -0.25) is 0 Å². The lowest BCUT2D eigenvalue weighted by molar-refractivity contribution is -0.569. The van der Waals surface area contributed by atoms with Gasteiger partial charge < -0.3 is 4.13 Å². The van der Waals surface area contributed by atoms with Crippen molar-refractivity contribution in [1.82, 2.24) is 0 Å². The largest absolute Gasteiger partial charge is 0.480 e. The van der Waals surface area contributed by atoms with Gasteiger partial charge in [0.05, 0.1) is 6.21 Å². The van der Waals surface area contributed by atoms with E-state index in [4.69, 9.17) is 0 Å². The molecule has 1 unspecified atom stereocenters. The molecule has 0 radical (unpaired) electrons. The number of halogens is 6. The van der Waals surface area contributed by atoms with Gasteiger partial charge in [0.25, 0.3) is 5.66 Å². The van der Waals surface area contributed by atoms with Gasteiger partial charge in [0.15, 0.2) is 26.3 Å². The second-order valence-electron chi connectivity index (χ2n) is 4.92. The number of sulfonamides is 2. The van der Waals surface area contributed by atoms with Crippen LogP contribution in [0.25, 0.3) is 4.13 Å². The first-order valence-corrected chi connectivity index (χ1v) is 9.26. The summed E-state index contributed by atoms with van der Waals surface area (Å²) in [5.41, 5.74) is -12.4. The highest BCUT2D eigenvalue weighted by molar-refractivity contribution is 8.13. The topological polar surface area (TPSA) is 97.8 Å². The van der Waals surface area contributed by atoms with Crippen LogP contribution >= 0.6 is 0 Å². The Morgan fingerprint density at radius 2 is 1.44 bits per heavy atom. The molecule has 0 amide bonds. The van der Waals surface area contributed by atoms with Gasteiger partial charge in [-0.1, -0.05) is 6.92 Å². The lowest BCUT2D eigenvalue weighted by atomic mass is 10.1. The van der Waals surface area contributed by atoms with Crippen molar-refractivity contribution < 1.29 is 47.8 Å². The Labute approximate surface area is 140 Å². The van der Waals surface area contributed by atoms with Crippen LogP contribution < -0.4 is 0 Å². The Morgan fingerprint density at radius 1 is 1.04 bits per heavy atom. The molecule has 1 aliphatic heterocycles. The molecule has 0 N–H and O–H groups in total. The maximum absolute atomic E-state index is 11.4. The SMILES string of the molecule is CCCC1(C)N=CC=[N+]1C.O=S(=O)([N-]S(=O)(=O)C(F)(F)F)C(F)(F)F. The zero-order valence-electron chi connectivity index (χ0n) is 13.1. The van der Waals surface area contributed by atoms with E-state index in [1.807, 2.05) is 12.4 Å². The third-order valence-electron chi connectivity index (χ3n) is 2.91. The molecular formula is C10H15F6N3O4S2. The van der Waals surface area contributed by atoms with Crippen molar-refractivity contribution in [3.63, 3.8) is 0 Å². The highest BCUT2D eigenvalue weighted by Crippen LogP contribution is 2.36. The minimum Gasteiger partial charge on any atom is -0.421 e. The van der Waals surface area contributed by atoms with Gasteiger partial charge in [-0.25, -0.2) is 26.4 Å². The molecule has 0 aromatic heterocycles. The van der Waals surface area contributed by atoms with Crippen molar-refractivity contribution in [2.45, 2.75) is 43.4 Å². The fourth-order valence-corrected chi connectivity index (χ4v) is 3.18. The molecule has 1 rings (SSSR count). The molecule has 1 heterocycles. The minimum atomic E-state index is -6.72. The highest BCUT2D eigenvalue weighted by Gasteiger charge is 2.46. The zero-order valence-corrected chi connectivity index (χ0v) is 14.8. The predicted molar refractivity (Wildman–Crippen MR) is 77.4 cm³/mol. The third kappa shape index (κ3) is 6.22. The zero-order chi connectivity index (χ0) is 20.3. The minimum absolute atomic E-state index is 0.0503. The van der Waals surface area contributed by atoms with Crippen molar-refractivity contribution in [2.75, 3.05) is 7.05 Å². The summed E-state index contributed by atoms with van der Waals surface area (Å²) < 4.78 is 111. The molecule has 1 atom stereocenters. The molecule has 0 aromatic rings. The van der Waals surface area contributed by atoms with Gasteiger partial charge >= 0.3 is 11.0 Å². The van der Waals surface area contributed by atoms with Crippen LogP contribution in [0.15, 0.2) is 4.99 Å². The number of nitrogens with zero attached hydrogens (tertiary/aromatic N) is 3. The highest BCUT2D eigenvalue weighted by atomic mass is 32.3. The standard InChI is InChI=1S/C8H15N2.C2F6NO4S2/c1-4-5-8(2)9-6-7-10(8)3;3-1(4,5)14(10,11)9-15(12,13)2(6,7)8/h6-7H,4-5H2,1-3H3;/q+1;-1. The molecule has 0 saturated carbocycles. The first kappa shape index (κ1) is 23.8. The number of aliphatic imine (C=N–C) groups is 1. The Kier molecular flexibility index (Phi) is 7.20. The second kappa shape index (κ2) is 7.57. The van der Waals surface area contributed by atoms with E-state index in [0.29, 0.717) is 0 Å². The molecule has 0 aliphatic carbocycles. The summed E-state index contributed by atoms with van der Waals surface area (Å²) in [6.45, 7) is 4.35. The summed E-state index contributed by atoms with van der Waals surface area (Å²) in [4.78, 5) is 4.38. The predicted octanol–water partition coefficient (Wildman–Crippen LogP) is 2.36. The average Bonchev–Trinajstić information content (AvgIpc) is 2.66. The van der Waals surface area contributed by atoms with Crippen LogP contribution in [0.5, 0.6) is 0 Å². The second-order valence-corrected chi connectivity index (χ2v) is 8.34. The summed E-state index contributed by atoms with van der Waals surface area (Å²) >= 11 is 0. The van der Waals surface area contributed by atoms with Crippen LogP contribution in [0.3, 0.4) is 0 Å². The monoisotopic (exact) mass is 419 g/mol. The van der Waals surface area contributed by atoms with Gasteiger partial charge in [0.1, 0.15) is 7.05 Å². The number of rotatable bonds is 4. The molecule has 0 saturated heterocycles. The third-order valence-corrected chi connectivity index (χ3v) is 5.65. The van der Waals surface area contributed by atoms with Gasteiger partial charge in [0.2, 0.25) is 0 Å². The number of hydrogen-bond donors (Lipinski definition) is 0. The number of hydrogen-bond acceptors (Lipinski definition) is 5. The molecule has 15 heteroatoms. The lowest BCUT2D eigenvalue weighted by Crippen LogP contribution is -2.31. The van der Waals surface area contributed by atoms with Gasteiger partial charge in [0, 0.05) is 13.3 Å². The summed E-state index contributed by atoms with van der Waals surface area (Å²) in [6.07, 6.45) is 6.23. The summed E-state index contributed by atoms with van der Waals surface area (Å²) in [7, 11) is -11.4. The van der Waals surface area contributed by atoms with E-state index >= 15 is 0 Å². The van der Waals surface area contributed by atoms with E-state index in [1.165, 1.54) is 6.42 Å². The molecule has 1 aliphatic rings. The van der Waals surface area contributed by atoms with E-state index in [2.05, 4.69) is 30.5 Å². The Balaban J connectivity index is 0.000000496. The maximum atomic E-state index is 11.4. The van der Waals surface area contributed by atoms with Crippen LogP contribution in [0.2, 0.25) is 0 Å². The van der Waals surface area contributed by atoms with Gasteiger partial charge in [-0.05, 0) is 6.42 Å². The van der Waals surface area contributed by atoms with Crippen molar-refractivity contribution in [1.29, 1.82) is 0 Å². The van der Waals surface area contributed by atoms with E-state index in [-0.39, 0.29) is 5.66 Å². The van der Waals surface area contributed by atoms with Gasteiger partial charge in [-0.2, -0.15) is 26.3 Å². The average molecular weight is 419 g/mol. The first-order chi connectivity index (χ1) is 10.9. The van der Waals surface area contributed by atoms with E-state index < -0.39 is 31.1 Å². The molecule has 0 bridgehead atoms. The van der Waals surface area contributed by atoms with Crippen LogP contribution in [0, 0.1) is 0 Å². The molecule has 25 heavy (non-hydrogen) atoms. The molecule has 0 spiro atoms. The smallest absolute Gasteiger partial charge is 0.421 e. The molecular weight excluding hydrogens is 404 g/mol. The Morgan fingerprint density at radius 3 is 1.68 bits per heavy atom. The lowest BCUT2D eigenvalue weighted by Gasteiger charge is -2.22. The van der Waals surface area contributed by atoms with Gasteiger partial charge in [-0.15, -0.1) is 0 Å². The summed E-state index contributed by atoms with van der Waals surface area (Å²) in [5, 5.41) is 0. The van der Waals surface area contributed by atoms with E-state index in [0.717, 1.165) is 10.5 Å². The quantitative estimate of drug-likeness (QED) is 0.516. The molecule has 0 fully saturated rings. The fourth-order valence-electron chi connectivity index (χ4n) is 1.47. The van der Waals surface area contributed by atoms with Crippen molar-refractivity contribution in [3.05, 3.63) is 4.13 Å². The fraction of sp³-hybridized carbons (Fsp3) is 0.800. The van der Waals surface area contributed by atoms with Crippen LogP contribution in [0.1, 0.15) is 26.7 Å². The van der Waals surface area contributed by atoms with Crippen LogP contribution in [-0.2, 0) is 20.0 Å². The molecule has 0 aromatic carbocycles. The molecule has 7 nitrogen and oxygen atoms in total. The normalized spacial score (nSPS) is 21.6. The maximum Gasteiger partial charge on any atom is 0.480 e.